The molecule has 0 aliphatic carbocycles. The smallest absolute Gasteiger partial charge is 0.118 e. The zero-order valence-corrected chi connectivity index (χ0v) is 12.9. The first kappa shape index (κ1) is 16.3. The number of hydrogen-bond acceptors (Lipinski definition) is 3. The van der Waals surface area contributed by atoms with Crippen LogP contribution in [0.4, 0.5) is 0 Å². The van der Waals surface area contributed by atoms with Crippen molar-refractivity contribution in [1.29, 1.82) is 0 Å². The van der Waals surface area contributed by atoms with E-state index in [4.69, 9.17) is 4.42 Å². The Labute approximate surface area is 117 Å². The van der Waals surface area contributed by atoms with Crippen LogP contribution in [0.5, 0.6) is 0 Å². The van der Waals surface area contributed by atoms with Crippen LogP contribution < -0.4 is 0 Å². The van der Waals surface area contributed by atoms with Gasteiger partial charge in [-0.25, -0.2) is 0 Å². The van der Waals surface area contributed by atoms with Crippen LogP contribution in [0, 0.1) is 12.8 Å². The Kier molecular flexibility index (Phi) is 7.17. The molecule has 1 heterocycles. The molecular formula is C16H29NO2. The lowest BCUT2D eigenvalue weighted by molar-refractivity contribution is 0.0942. The van der Waals surface area contributed by atoms with E-state index >= 15 is 0 Å². The molecule has 0 radical (unpaired) electrons. The van der Waals surface area contributed by atoms with Gasteiger partial charge in [-0.3, -0.25) is 4.90 Å². The average Bonchev–Trinajstić information content (AvgIpc) is 2.72. The fourth-order valence-corrected chi connectivity index (χ4v) is 2.19. The number of aryl methyl sites for hydroxylation is 1. The van der Waals surface area contributed by atoms with E-state index in [0.29, 0.717) is 5.92 Å². The van der Waals surface area contributed by atoms with E-state index in [0.717, 1.165) is 50.4 Å². The minimum absolute atomic E-state index is 0.228. The molecule has 0 amide bonds. The highest BCUT2D eigenvalue weighted by molar-refractivity contribution is 5.05. The molecule has 110 valence electrons. The summed E-state index contributed by atoms with van der Waals surface area (Å²) in [6, 6.07) is 4.03. The third-order valence-electron chi connectivity index (χ3n) is 3.29. The van der Waals surface area contributed by atoms with Gasteiger partial charge in [0.05, 0.1) is 12.6 Å². The Morgan fingerprint density at radius 3 is 2.53 bits per heavy atom. The standard InChI is InChI=1S/C16H29NO2/c1-5-6-15(18)11-17(10-9-13(2)3)12-16-8-7-14(4)19-16/h7-8,13,15,18H,5-6,9-12H2,1-4H3/t15-/m1/s1. The van der Waals surface area contributed by atoms with Gasteiger partial charge >= 0.3 is 0 Å². The van der Waals surface area contributed by atoms with Gasteiger partial charge in [0.25, 0.3) is 0 Å². The Bertz CT molecular complexity index is 346. The van der Waals surface area contributed by atoms with E-state index in [9.17, 15) is 5.11 Å². The van der Waals surface area contributed by atoms with Gasteiger partial charge in [0, 0.05) is 6.54 Å². The fraction of sp³-hybridized carbons (Fsp3) is 0.750. The number of aliphatic hydroxyl groups excluding tert-OH is 1. The summed E-state index contributed by atoms with van der Waals surface area (Å²) < 4.78 is 5.64. The summed E-state index contributed by atoms with van der Waals surface area (Å²) in [5.41, 5.74) is 0. The van der Waals surface area contributed by atoms with E-state index in [1.807, 2.05) is 19.1 Å². The fourth-order valence-electron chi connectivity index (χ4n) is 2.19. The maximum atomic E-state index is 10.00. The van der Waals surface area contributed by atoms with E-state index in [-0.39, 0.29) is 6.10 Å². The number of hydrogen-bond donors (Lipinski definition) is 1. The maximum absolute atomic E-state index is 10.00. The summed E-state index contributed by atoms with van der Waals surface area (Å²) in [5, 5.41) is 10.00. The molecule has 0 spiro atoms. The van der Waals surface area contributed by atoms with Gasteiger partial charge in [0.1, 0.15) is 11.5 Å². The highest BCUT2D eigenvalue weighted by Crippen LogP contribution is 2.13. The van der Waals surface area contributed by atoms with Crippen molar-refractivity contribution in [3.05, 3.63) is 23.7 Å². The van der Waals surface area contributed by atoms with Crippen molar-refractivity contribution in [2.75, 3.05) is 13.1 Å². The molecule has 1 atom stereocenters. The predicted octanol–water partition coefficient (Wildman–Crippen LogP) is 3.60. The Morgan fingerprint density at radius 1 is 1.26 bits per heavy atom. The van der Waals surface area contributed by atoms with Gasteiger partial charge in [-0.15, -0.1) is 0 Å². The third kappa shape index (κ3) is 6.79. The summed E-state index contributed by atoms with van der Waals surface area (Å²) in [7, 11) is 0. The molecule has 19 heavy (non-hydrogen) atoms. The molecule has 0 saturated heterocycles. The molecule has 0 aliphatic rings. The van der Waals surface area contributed by atoms with E-state index < -0.39 is 0 Å². The van der Waals surface area contributed by atoms with Crippen LogP contribution in [0.15, 0.2) is 16.5 Å². The van der Waals surface area contributed by atoms with Gasteiger partial charge in [-0.2, -0.15) is 0 Å². The zero-order valence-electron chi connectivity index (χ0n) is 12.9. The van der Waals surface area contributed by atoms with Gasteiger partial charge in [-0.1, -0.05) is 27.2 Å². The van der Waals surface area contributed by atoms with Crippen molar-refractivity contribution in [3.63, 3.8) is 0 Å². The molecule has 3 heteroatoms. The number of rotatable bonds is 9. The Morgan fingerprint density at radius 2 is 2.00 bits per heavy atom. The van der Waals surface area contributed by atoms with Crippen LogP contribution in [-0.4, -0.2) is 29.2 Å². The van der Waals surface area contributed by atoms with Gasteiger partial charge in [-0.05, 0) is 44.4 Å². The summed E-state index contributed by atoms with van der Waals surface area (Å²) >= 11 is 0. The first-order valence-electron chi connectivity index (χ1n) is 7.47. The van der Waals surface area contributed by atoms with Crippen LogP contribution in [0.2, 0.25) is 0 Å². The monoisotopic (exact) mass is 267 g/mol. The zero-order chi connectivity index (χ0) is 14.3. The van der Waals surface area contributed by atoms with Crippen LogP contribution in [0.3, 0.4) is 0 Å². The molecular weight excluding hydrogens is 238 g/mol. The normalized spacial score (nSPS) is 13.4. The highest BCUT2D eigenvalue weighted by Gasteiger charge is 2.13. The first-order chi connectivity index (χ1) is 9.01. The van der Waals surface area contributed by atoms with E-state index in [1.165, 1.54) is 0 Å². The summed E-state index contributed by atoms with van der Waals surface area (Å²) in [6.07, 6.45) is 2.82. The lowest BCUT2D eigenvalue weighted by atomic mass is 10.1. The van der Waals surface area contributed by atoms with Crippen molar-refractivity contribution >= 4 is 0 Å². The van der Waals surface area contributed by atoms with Gasteiger partial charge < -0.3 is 9.52 Å². The quantitative estimate of drug-likeness (QED) is 0.742. The molecule has 0 unspecified atom stereocenters. The lowest BCUT2D eigenvalue weighted by Gasteiger charge is -2.24. The lowest BCUT2D eigenvalue weighted by Crippen LogP contribution is -2.33. The van der Waals surface area contributed by atoms with Crippen LogP contribution >= 0.6 is 0 Å². The maximum Gasteiger partial charge on any atom is 0.118 e. The van der Waals surface area contributed by atoms with Crippen LogP contribution in [0.1, 0.15) is 51.6 Å². The van der Waals surface area contributed by atoms with Crippen molar-refractivity contribution in [3.8, 4) is 0 Å². The van der Waals surface area contributed by atoms with Crippen LogP contribution in [-0.2, 0) is 6.54 Å². The second-order valence-electron chi connectivity index (χ2n) is 5.87. The Balaban J connectivity index is 2.52. The molecule has 1 rings (SSSR count). The third-order valence-corrected chi connectivity index (χ3v) is 3.29. The molecule has 1 aromatic heterocycles. The summed E-state index contributed by atoms with van der Waals surface area (Å²) in [4.78, 5) is 2.30. The summed E-state index contributed by atoms with van der Waals surface area (Å²) in [6.45, 7) is 11.1. The Hall–Kier alpha value is -0.800. The molecule has 3 nitrogen and oxygen atoms in total. The second kappa shape index (κ2) is 8.39. The number of nitrogens with zero attached hydrogens (tertiary/aromatic N) is 1. The molecule has 0 aromatic carbocycles. The molecule has 0 bridgehead atoms. The van der Waals surface area contributed by atoms with Gasteiger partial charge in [0.15, 0.2) is 0 Å². The average molecular weight is 267 g/mol. The van der Waals surface area contributed by atoms with Gasteiger partial charge in [0.2, 0.25) is 0 Å². The number of furan rings is 1. The molecule has 0 fully saturated rings. The van der Waals surface area contributed by atoms with Crippen LogP contribution in [0.25, 0.3) is 0 Å². The minimum atomic E-state index is -0.228. The van der Waals surface area contributed by atoms with Crippen molar-refractivity contribution < 1.29 is 9.52 Å². The van der Waals surface area contributed by atoms with Crippen molar-refractivity contribution in [2.24, 2.45) is 5.92 Å². The largest absolute Gasteiger partial charge is 0.465 e. The predicted molar refractivity (Wildman–Crippen MR) is 79.1 cm³/mol. The SMILES string of the molecule is CCC[C@@H](O)CN(CCC(C)C)Cc1ccc(C)o1. The number of aliphatic hydroxyl groups is 1. The van der Waals surface area contributed by atoms with Crippen molar-refractivity contribution in [1.82, 2.24) is 4.90 Å². The second-order valence-corrected chi connectivity index (χ2v) is 5.87. The minimum Gasteiger partial charge on any atom is -0.465 e. The first-order valence-corrected chi connectivity index (χ1v) is 7.47. The molecule has 1 N–H and O–H groups in total. The highest BCUT2D eigenvalue weighted by atomic mass is 16.3. The molecule has 0 saturated carbocycles. The van der Waals surface area contributed by atoms with E-state index in [2.05, 4.69) is 25.7 Å². The molecule has 0 aliphatic heterocycles. The molecule has 1 aromatic rings. The summed E-state index contributed by atoms with van der Waals surface area (Å²) in [5.74, 6) is 2.63. The topological polar surface area (TPSA) is 36.6 Å². The van der Waals surface area contributed by atoms with E-state index in [1.54, 1.807) is 0 Å². The van der Waals surface area contributed by atoms with Crippen molar-refractivity contribution in [2.45, 2.75) is 59.6 Å².